The van der Waals surface area contributed by atoms with E-state index in [2.05, 4.69) is 4.98 Å². The number of fused-ring (bicyclic) bond motifs is 1. The summed E-state index contributed by atoms with van der Waals surface area (Å²) in [6.45, 7) is 5.24. The lowest BCUT2D eigenvalue weighted by Crippen LogP contribution is -2.40. The van der Waals surface area contributed by atoms with E-state index in [9.17, 15) is 19.1 Å². The van der Waals surface area contributed by atoms with E-state index in [1.54, 1.807) is 50.4 Å². The number of carbonyl (C=O) groups excluding carboxylic acids is 2. The molecule has 2 aromatic carbocycles. The Kier molecular flexibility index (Phi) is 7.45. The number of benzene rings is 2. The van der Waals surface area contributed by atoms with Crippen molar-refractivity contribution in [3.05, 3.63) is 95.1 Å². The topological polar surface area (TPSA) is 125 Å². The minimum Gasteiger partial charge on any atom is -0.490 e. The molecule has 0 unspecified atom stereocenters. The molecule has 3 N–H and O–H groups in total. The van der Waals surface area contributed by atoms with Gasteiger partial charge in [-0.1, -0.05) is 12.1 Å². The van der Waals surface area contributed by atoms with Gasteiger partial charge < -0.3 is 20.3 Å². The third kappa shape index (κ3) is 5.67. The maximum atomic E-state index is 13.7. The number of nitrogens with two attached hydrogens (primary N) is 1. The monoisotopic (exact) mass is 595 g/mol. The van der Waals surface area contributed by atoms with Crippen LogP contribution in [0.15, 0.2) is 66.9 Å². The Hall–Kier alpha value is -4.63. The number of ether oxygens (including phenoxy) is 2. The van der Waals surface area contributed by atoms with Crippen molar-refractivity contribution in [2.75, 3.05) is 6.61 Å². The number of aliphatic hydroxyl groups is 1. The van der Waals surface area contributed by atoms with Gasteiger partial charge in [0.05, 0.1) is 17.5 Å². The van der Waals surface area contributed by atoms with Gasteiger partial charge in [-0.3, -0.25) is 14.6 Å². The molecule has 226 valence electrons. The van der Waals surface area contributed by atoms with Crippen molar-refractivity contribution >= 4 is 11.7 Å². The summed E-state index contributed by atoms with van der Waals surface area (Å²) in [6.07, 6.45) is 3.93. The van der Waals surface area contributed by atoms with Crippen LogP contribution in [0.5, 0.6) is 11.5 Å². The van der Waals surface area contributed by atoms with Crippen LogP contribution in [0.1, 0.15) is 66.7 Å². The number of Topliss-reactive ketones (excluding diaryl/α,β-unsaturated/α-hetero) is 1. The molecule has 0 saturated heterocycles. The largest absolute Gasteiger partial charge is 0.490 e. The second kappa shape index (κ2) is 11.1. The molecular weight excluding hydrogens is 561 g/mol. The SMILES string of the molecule is Cc1ccc(-c2ccc(C(=O)CC[C@](C)(O)c3cc4c(c(-c5ccc(F)cc5)n3)OC[C@]4(C)C(N)=O)cc2OC2CC2)nc1. The van der Waals surface area contributed by atoms with Crippen molar-refractivity contribution in [3.63, 3.8) is 0 Å². The van der Waals surface area contributed by atoms with Crippen LogP contribution in [-0.4, -0.2) is 39.5 Å². The van der Waals surface area contributed by atoms with E-state index in [1.807, 2.05) is 25.1 Å². The number of pyridine rings is 2. The standard InChI is InChI=1S/C35H34FN3O5/c1-20-4-13-27(38-18-20)25-12-7-22(16-29(25)44-24-10-11-24)28(40)14-15-35(3,42)30-17-26-32(43-19-34(26,2)33(37)41)31(39-30)21-5-8-23(36)9-6-21/h4-9,12-13,16-18,24,42H,10-11,14-15,19H2,1-3H3,(H2,37,41)/t34-,35-/m0/s1. The Balaban J connectivity index is 1.29. The maximum Gasteiger partial charge on any atom is 0.231 e. The van der Waals surface area contributed by atoms with E-state index >= 15 is 0 Å². The fourth-order valence-electron chi connectivity index (χ4n) is 5.29. The van der Waals surface area contributed by atoms with E-state index in [0.717, 1.165) is 29.7 Å². The summed E-state index contributed by atoms with van der Waals surface area (Å²) in [4.78, 5) is 35.2. The first-order valence-electron chi connectivity index (χ1n) is 14.7. The number of aryl methyl sites for hydroxylation is 1. The van der Waals surface area contributed by atoms with Gasteiger partial charge in [-0.25, -0.2) is 9.37 Å². The van der Waals surface area contributed by atoms with Crippen molar-refractivity contribution in [1.29, 1.82) is 0 Å². The van der Waals surface area contributed by atoms with Gasteiger partial charge in [0.15, 0.2) is 5.78 Å². The number of aromatic nitrogens is 2. The molecule has 3 heterocycles. The Morgan fingerprint density at radius 2 is 1.89 bits per heavy atom. The molecule has 1 amide bonds. The lowest BCUT2D eigenvalue weighted by atomic mass is 9.81. The van der Waals surface area contributed by atoms with Crippen LogP contribution in [0.25, 0.3) is 22.5 Å². The smallest absolute Gasteiger partial charge is 0.231 e. The van der Waals surface area contributed by atoms with E-state index in [0.29, 0.717) is 33.9 Å². The Morgan fingerprint density at radius 3 is 2.55 bits per heavy atom. The maximum absolute atomic E-state index is 13.7. The van der Waals surface area contributed by atoms with Crippen LogP contribution in [0.2, 0.25) is 0 Å². The van der Waals surface area contributed by atoms with Crippen molar-refractivity contribution < 1.29 is 28.6 Å². The molecule has 44 heavy (non-hydrogen) atoms. The van der Waals surface area contributed by atoms with Gasteiger partial charge in [-0.05, 0) is 94.1 Å². The molecule has 1 aliphatic carbocycles. The van der Waals surface area contributed by atoms with Crippen LogP contribution < -0.4 is 15.2 Å². The lowest BCUT2D eigenvalue weighted by Gasteiger charge is -2.26. The molecule has 8 nitrogen and oxygen atoms in total. The van der Waals surface area contributed by atoms with E-state index in [-0.39, 0.29) is 37.0 Å². The molecule has 0 radical (unpaired) electrons. The minimum absolute atomic E-state index is 0.0109. The van der Waals surface area contributed by atoms with E-state index in [4.69, 9.17) is 20.2 Å². The van der Waals surface area contributed by atoms with Crippen LogP contribution in [0.4, 0.5) is 4.39 Å². The van der Waals surface area contributed by atoms with Gasteiger partial charge in [0.2, 0.25) is 5.91 Å². The molecular formula is C35H34FN3O5. The highest BCUT2D eigenvalue weighted by Crippen LogP contribution is 2.46. The number of carbonyl (C=O) groups is 2. The zero-order valence-corrected chi connectivity index (χ0v) is 24.9. The second-order valence-electron chi connectivity index (χ2n) is 12.2. The quantitative estimate of drug-likeness (QED) is 0.222. The minimum atomic E-state index is -1.56. The molecule has 4 aromatic rings. The zero-order valence-electron chi connectivity index (χ0n) is 24.9. The highest BCUT2D eigenvalue weighted by molar-refractivity contribution is 5.97. The predicted octanol–water partition coefficient (Wildman–Crippen LogP) is 5.81. The first-order valence-corrected chi connectivity index (χ1v) is 14.7. The number of hydrogen-bond acceptors (Lipinski definition) is 7. The number of primary amides is 1. The van der Waals surface area contributed by atoms with E-state index in [1.165, 1.54) is 12.1 Å². The predicted molar refractivity (Wildman–Crippen MR) is 163 cm³/mol. The summed E-state index contributed by atoms with van der Waals surface area (Å²) < 4.78 is 25.8. The van der Waals surface area contributed by atoms with Gasteiger partial charge in [0.1, 0.15) is 40.6 Å². The Morgan fingerprint density at radius 1 is 1.14 bits per heavy atom. The van der Waals surface area contributed by atoms with Crippen LogP contribution in [-0.2, 0) is 15.8 Å². The second-order valence-corrected chi connectivity index (χ2v) is 12.2. The first kappa shape index (κ1) is 29.4. The molecule has 2 atom stereocenters. The molecule has 1 saturated carbocycles. The average molecular weight is 596 g/mol. The van der Waals surface area contributed by atoms with Gasteiger partial charge in [0.25, 0.3) is 0 Å². The zero-order chi connectivity index (χ0) is 31.2. The van der Waals surface area contributed by atoms with Crippen molar-refractivity contribution in [3.8, 4) is 34.0 Å². The third-order valence-corrected chi connectivity index (χ3v) is 8.43. The van der Waals surface area contributed by atoms with Crippen molar-refractivity contribution in [1.82, 2.24) is 9.97 Å². The first-order chi connectivity index (χ1) is 20.9. The Bertz CT molecular complexity index is 1750. The molecule has 0 spiro atoms. The summed E-state index contributed by atoms with van der Waals surface area (Å²) in [6, 6.07) is 16.6. The fourth-order valence-corrected chi connectivity index (χ4v) is 5.29. The summed E-state index contributed by atoms with van der Waals surface area (Å²) in [5.41, 5.74) is 7.80. The van der Waals surface area contributed by atoms with E-state index < -0.39 is 22.7 Å². The molecule has 1 fully saturated rings. The molecule has 2 aliphatic rings. The van der Waals surface area contributed by atoms with Gasteiger partial charge in [-0.2, -0.15) is 0 Å². The molecule has 2 aromatic heterocycles. The molecule has 0 bridgehead atoms. The lowest BCUT2D eigenvalue weighted by molar-refractivity contribution is -0.123. The van der Waals surface area contributed by atoms with Crippen LogP contribution >= 0.6 is 0 Å². The number of rotatable bonds is 10. The molecule has 6 rings (SSSR count). The number of halogens is 1. The fraction of sp³-hybridized carbons (Fsp3) is 0.314. The summed E-state index contributed by atoms with van der Waals surface area (Å²) >= 11 is 0. The number of nitrogens with zero attached hydrogens (tertiary/aromatic N) is 2. The number of amides is 1. The van der Waals surface area contributed by atoms with Crippen molar-refractivity contribution in [2.45, 2.75) is 63.6 Å². The van der Waals surface area contributed by atoms with Crippen LogP contribution in [0.3, 0.4) is 0 Å². The average Bonchev–Trinajstić information content (AvgIpc) is 3.76. The third-order valence-electron chi connectivity index (χ3n) is 8.43. The number of hydrogen-bond donors (Lipinski definition) is 2. The normalized spacial score (nSPS) is 18.7. The van der Waals surface area contributed by atoms with Crippen LogP contribution in [0, 0.1) is 12.7 Å². The molecule has 1 aliphatic heterocycles. The highest BCUT2D eigenvalue weighted by atomic mass is 19.1. The van der Waals surface area contributed by atoms with Gasteiger partial charge in [-0.15, -0.1) is 0 Å². The summed E-state index contributed by atoms with van der Waals surface area (Å²) in [5, 5.41) is 11.7. The number of ketones is 1. The van der Waals surface area contributed by atoms with Gasteiger partial charge >= 0.3 is 0 Å². The van der Waals surface area contributed by atoms with Crippen molar-refractivity contribution in [2.24, 2.45) is 5.73 Å². The highest BCUT2D eigenvalue weighted by Gasteiger charge is 2.45. The summed E-state index contributed by atoms with van der Waals surface area (Å²) in [7, 11) is 0. The Labute approximate surface area is 255 Å². The van der Waals surface area contributed by atoms with Gasteiger partial charge in [0, 0.05) is 34.9 Å². The molecule has 9 heteroatoms. The summed E-state index contributed by atoms with van der Waals surface area (Å²) in [5.74, 6) is -0.193.